The largest absolute Gasteiger partial charge is 0.493 e. The number of halogens is 2. The molecule has 1 N–H and O–H groups in total. The van der Waals surface area contributed by atoms with Crippen LogP contribution in [0.4, 0.5) is 14.6 Å². The molecule has 39 heavy (non-hydrogen) atoms. The van der Waals surface area contributed by atoms with Gasteiger partial charge in [-0.1, -0.05) is 12.1 Å². The predicted molar refractivity (Wildman–Crippen MR) is 145 cm³/mol. The van der Waals surface area contributed by atoms with Gasteiger partial charge in [0.25, 0.3) is 0 Å². The third kappa shape index (κ3) is 5.22. The molecule has 0 radical (unpaired) electrons. The Hall–Kier alpha value is -3.52. The Balaban J connectivity index is 1.70. The lowest BCUT2D eigenvalue weighted by Crippen LogP contribution is -2.29. The number of ether oxygens (including phenoxy) is 2. The monoisotopic (exact) mass is 536 g/mol. The van der Waals surface area contributed by atoms with E-state index in [1.807, 2.05) is 44.7 Å². The first-order valence-corrected chi connectivity index (χ1v) is 13.3. The fraction of sp³-hybridized carbons (Fsp3) is 0.419. The number of fused-ring (bicyclic) bond motifs is 2. The van der Waals surface area contributed by atoms with E-state index < -0.39 is 29.3 Å². The fourth-order valence-corrected chi connectivity index (χ4v) is 5.70. The number of aromatic nitrogens is 1. The molecule has 3 heterocycles. The summed E-state index contributed by atoms with van der Waals surface area (Å²) in [4.78, 5) is 19.6. The SMILES string of the molecule is Cc1nc2c(c(-c3ccc4c(c3C)CCCO4)c1[C@H](OC(C)(C)C)C(=O)O)CCN2Cc1ccc(F)c(F)c1. The number of benzene rings is 2. The number of hydrogen-bond acceptors (Lipinski definition) is 5. The molecular weight excluding hydrogens is 502 g/mol. The molecule has 2 aromatic carbocycles. The van der Waals surface area contributed by atoms with Gasteiger partial charge >= 0.3 is 5.97 Å². The lowest BCUT2D eigenvalue weighted by Gasteiger charge is -2.30. The van der Waals surface area contributed by atoms with Gasteiger partial charge in [0.05, 0.1) is 12.2 Å². The van der Waals surface area contributed by atoms with Crippen molar-refractivity contribution in [2.75, 3.05) is 18.1 Å². The van der Waals surface area contributed by atoms with Crippen molar-refractivity contribution in [2.24, 2.45) is 0 Å². The van der Waals surface area contributed by atoms with E-state index in [1.54, 1.807) is 6.07 Å². The lowest BCUT2D eigenvalue weighted by atomic mass is 9.85. The van der Waals surface area contributed by atoms with E-state index >= 15 is 0 Å². The normalized spacial score (nSPS) is 15.5. The quantitative estimate of drug-likeness (QED) is 0.389. The molecule has 5 rings (SSSR count). The minimum absolute atomic E-state index is 0.354. The summed E-state index contributed by atoms with van der Waals surface area (Å²) in [6.07, 6.45) is 1.22. The smallest absolute Gasteiger partial charge is 0.337 e. The van der Waals surface area contributed by atoms with Gasteiger partial charge in [0.15, 0.2) is 17.7 Å². The zero-order valence-electron chi connectivity index (χ0n) is 23.0. The van der Waals surface area contributed by atoms with Crippen LogP contribution in [0.5, 0.6) is 5.75 Å². The Morgan fingerprint density at radius 1 is 1.13 bits per heavy atom. The van der Waals surface area contributed by atoms with E-state index in [-0.39, 0.29) is 0 Å². The van der Waals surface area contributed by atoms with Crippen molar-refractivity contribution in [2.45, 2.75) is 72.1 Å². The standard InChI is InChI=1S/C31H34F2N2O4/c1-17-20-7-6-14-38-25(20)11-9-21(17)27-22-12-13-35(16-19-8-10-23(32)24(33)15-19)29(22)34-18(2)26(27)28(30(36)37)39-31(3,4)5/h8-11,15,28H,6-7,12-14,16H2,1-5H3,(H,36,37)/t28-/m0/s1. The molecule has 0 spiro atoms. The van der Waals surface area contributed by atoms with E-state index in [2.05, 4.69) is 6.92 Å². The van der Waals surface area contributed by atoms with E-state index in [0.717, 1.165) is 58.3 Å². The number of carboxylic acids is 1. The molecule has 0 unspecified atom stereocenters. The number of hydrogen-bond donors (Lipinski definition) is 1. The van der Waals surface area contributed by atoms with Crippen molar-refractivity contribution in [3.05, 3.63) is 75.5 Å². The zero-order valence-corrected chi connectivity index (χ0v) is 23.0. The highest BCUT2D eigenvalue weighted by Crippen LogP contribution is 2.46. The molecule has 0 fully saturated rings. The highest BCUT2D eigenvalue weighted by atomic mass is 19.2. The van der Waals surface area contributed by atoms with Gasteiger partial charge in [0, 0.05) is 29.9 Å². The number of anilines is 1. The number of aliphatic carboxylic acids is 1. The molecule has 2 aliphatic heterocycles. The molecule has 0 amide bonds. The predicted octanol–water partition coefficient (Wildman–Crippen LogP) is 6.47. The van der Waals surface area contributed by atoms with Gasteiger partial charge in [-0.15, -0.1) is 0 Å². The second kappa shape index (κ2) is 10.2. The van der Waals surface area contributed by atoms with Crippen LogP contribution in [-0.4, -0.2) is 34.8 Å². The summed E-state index contributed by atoms with van der Waals surface area (Å²) in [5.41, 5.74) is 5.92. The molecule has 3 aromatic rings. The van der Waals surface area contributed by atoms with E-state index in [4.69, 9.17) is 14.5 Å². The van der Waals surface area contributed by atoms with Crippen LogP contribution in [0.2, 0.25) is 0 Å². The molecule has 8 heteroatoms. The Kier molecular flexibility index (Phi) is 7.10. The van der Waals surface area contributed by atoms with E-state index in [0.29, 0.717) is 42.9 Å². The van der Waals surface area contributed by atoms with Crippen molar-refractivity contribution in [1.82, 2.24) is 4.98 Å². The topological polar surface area (TPSA) is 71.9 Å². The highest BCUT2D eigenvalue weighted by Gasteiger charge is 2.36. The maximum absolute atomic E-state index is 13.9. The van der Waals surface area contributed by atoms with Gasteiger partial charge in [-0.2, -0.15) is 0 Å². The minimum Gasteiger partial charge on any atom is -0.493 e. The number of rotatable bonds is 6. The van der Waals surface area contributed by atoms with Gasteiger partial charge in [-0.3, -0.25) is 0 Å². The number of aryl methyl sites for hydroxylation is 1. The van der Waals surface area contributed by atoms with Gasteiger partial charge in [0.1, 0.15) is 11.6 Å². The molecule has 2 aliphatic rings. The second-order valence-electron chi connectivity index (χ2n) is 11.3. The second-order valence-corrected chi connectivity index (χ2v) is 11.3. The summed E-state index contributed by atoms with van der Waals surface area (Å²) in [5, 5.41) is 10.3. The van der Waals surface area contributed by atoms with E-state index in [1.165, 1.54) is 6.07 Å². The van der Waals surface area contributed by atoms with Crippen LogP contribution >= 0.6 is 0 Å². The Labute approximate surface area is 227 Å². The average molecular weight is 537 g/mol. The Bertz CT molecular complexity index is 1450. The number of nitrogens with zero attached hydrogens (tertiary/aromatic N) is 2. The summed E-state index contributed by atoms with van der Waals surface area (Å²) < 4.78 is 39.5. The van der Waals surface area contributed by atoms with Crippen molar-refractivity contribution in [1.29, 1.82) is 0 Å². The van der Waals surface area contributed by atoms with Crippen molar-refractivity contribution in [3.8, 4) is 16.9 Å². The molecule has 0 saturated carbocycles. The lowest BCUT2D eigenvalue weighted by molar-refractivity contribution is -0.160. The number of carboxylic acid groups (broad SMARTS) is 1. The van der Waals surface area contributed by atoms with Crippen molar-refractivity contribution in [3.63, 3.8) is 0 Å². The first kappa shape index (κ1) is 27.1. The first-order chi connectivity index (χ1) is 18.4. The Morgan fingerprint density at radius 2 is 1.90 bits per heavy atom. The van der Waals surface area contributed by atoms with Crippen LogP contribution in [0.1, 0.15) is 66.8 Å². The maximum Gasteiger partial charge on any atom is 0.337 e. The van der Waals surface area contributed by atoms with Crippen LogP contribution in [-0.2, 0) is 28.9 Å². The summed E-state index contributed by atoms with van der Waals surface area (Å²) >= 11 is 0. The van der Waals surface area contributed by atoms with Crippen LogP contribution in [0, 0.1) is 25.5 Å². The third-order valence-corrected chi connectivity index (χ3v) is 7.40. The van der Waals surface area contributed by atoms with Gasteiger partial charge < -0.3 is 19.5 Å². The molecule has 0 aliphatic carbocycles. The average Bonchev–Trinajstić information content (AvgIpc) is 3.26. The molecule has 1 aromatic heterocycles. The summed E-state index contributed by atoms with van der Waals surface area (Å²) in [6, 6.07) is 7.89. The van der Waals surface area contributed by atoms with Crippen LogP contribution < -0.4 is 9.64 Å². The van der Waals surface area contributed by atoms with Gasteiger partial charge in [-0.05, 0) is 99.9 Å². The third-order valence-electron chi connectivity index (χ3n) is 7.40. The van der Waals surface area contributed by atoms with Gasteiger partial charge in [-0.25, -0.2) is 18.6 Å². The molecule has 0 bridgehead atoms. The van der Waals surface area contributed by atoms with Gasteiger partial charge in [0.2, 0.25) is 0 Å². The number of pyridine rings is 1. The van der Waals surface area contributed by atoms with Crippen molar-refractivity contribution < 1.29 is 28.2 Å². The molecule has 6 nitrogen and oxygen atoms in total. The molecule has 0 saturated heterocycles. The van der Waals surface area contributed by atoms with Crippen LogP contribution in [0.3, 0.4) is 0 Å². The summed E-state index contributed by atoms with van der Waals surface area (Å²) in [6.45, 7) is 11.0. The first-order valence-electron chi connectivity index (χ1n) is 13.3. The summed E-state index contributed by atoms with van der Waals surface area (Å²) in [5.74, 6) is -1.25. The number of carbonyl (C=O) groups is 1. The molecule has 1 atom stereocenters. The maximum atomic E-state index is 13.9. The van der Waals surface area contributed by atoms with Crippen molar-refractivity contribution >= 4 is 11.8 Å². The molecule has 206 valence electrons. The highest BCUT2D eigenvalue weighted by molar-refractivity contribution is 5.86. The molecular formula is C31H34F2N2O4. The zero-order chi connectivity index (χ0) is 28.1. The minimum atomic E-state index is -1.22. The Morgan fingerprint density at radius 3 is 2.59 bits per heavy atom. The fourth-order valence-electron chi connectivity index (χ4n) is 5.70. The summed E-state index contributed by atoms with van der Waals surface area (Å²) in [7, 11) is 0. The van der Waals surface area contributed by atoms with E-state index in [9.17, 15) is 18.7 Å². The van der Waals surface area contributed by atoms with Crippen LogP contribution in [0.25, 0.3) is 11.1 Å². The van der Waals surface area contributed by atoms with Crippen LogP contribution in [0.15, 0.2) is 30.3 Å².